The third-order valence-electron chi connectivity index (χ3n) is 19.2. The largest absolute Gasteiger partial charge is 0.394 e. The standard InChI is InChI=1S/C78H151NO10/c1-3-5-7-9-11-13-15-17-19-21-23-25-27-29-31-32-33-34-35-36-37-38-39-40-42-44-46-48-50-52-54-56-58-60-62-64-66-71(82)77(87)79-69(68-88-78-76(86)75(85)74(84)72(67-80)89-78)73(83)70(81)65-63-61-59-57-55-53-51-49-47-45-43-41-30-28-26-24-22-20-18-16-14-12-10-8-6-4-2/h34-35,57,59,69-76,78,80-86H,3-33,36-56,58,60-68H2,1-2H3,(H,79,87)/b35-34-,59-57+. The summed E-state index contributed by atoms with van der Waals surface area (Å²) in [5, 5.41) is 76.6. The van der Waals surface area contributed by atoms with E-state index in [4.69, 9.17) is 9.47 Å². The van der Waals surface area contributed by atoms with Crippen LogP contribution in [0.5, 0.6) is 0 Å². The van der Waals surface area contributed by atoms with Gasteiger partial charge in [-0.25, -0.2) is 0 Å². The van der Waals surface area contributed by atoms with Gasteiger partial charge in [0, 0.05) is 0 Å². The van der Waals surface area contributed by atoms with Gasteiger partial charge >= 0.3 is 0 Å². The second kappa shape index (κ2) is 66.6. The van der Waals surface area contributed by atoms with E-state index in [1.807, 2.05) is 0 Å². The van der Waals surface area contributed by atoms with Gasteiger partial charge in [0.25, 0.3) is 0 Å². The third kappa shape index (κ3) is 53.5. The van der Waals surface area contributed by atoms with E-state index in [1.165, 1.54) is 321 Å². The predicted octanol–water partition coefficient (Wildman–Crippen LogP) is 19.9. The first-order valence-electron chi connectivity index (χ1n) is 39.2. The van der Waals surface area contributed by atoms with Crippen LogP contribution in [0.1, 0.15) is 399 Å². The molecule has 0 radical (unpaired) electrons. The second-order valence-corrected chi connectivity index (χ2v) is 27.8. The highest BCUT2D eigenvalue weighted by Crippen LogP contribution is 2.24. The topological polar surface area (TPSA) is 189 Å². The van der Waals surface area contributed by atoms with Gasteiger partial charge in [-0.1, -0.05) is 359 Å². The average Bonchev–Trinajstić information content (AvgIpc) is 1.73. The van der Waals surface area contributed by atoms with Crippen molar-refractivity contribution in [3.8, 4) is 0 Å². The molecule has 9 unspecified atom stereocenters. The Balaban J connectivity index is 2.14. The fourth-order valence-electron chi connectivity index (χ4n) is 13.0. The average molecular weight is 1260 g/mol. The smallest absolute Gasteiger partial charge is 0.249 e. The van der Waals surface area contributed by atoms with Crippen molar-refractivity contribution in [3.05, 3.63) is 24.3 Å². The van der Waals surface area contributed by atoms with Crippen LogP contribution < -0.4 is 5.32 Å². The van der Waals surface area contributed by atoms with Gasteiger partial charge in [-0.2, -0.15) is 0 Å². The van der Waals surface area contributed by atoms with Crippen LogP contribution in [0.4, 0.5) is 0 Å². The van der Waals surface area contributed by atoms with Crippen molar-refractivity contribution >= 4 is 5.91 Å². The number of aliphatic hydroxyl groups excluding tert-OH is 7. The molecule has 0 aromatic carbocycles. The highest BCUT2D eigenvalue weighted by atomic mass is 16.7. The number of carbonyl (C=O) groups is 1. The number of hydrogen-bond acceptors (Lipinski definition) is 10. The molecular weight excluding hydrogens is 1110 g/mol. The highest BCUT2D eigenvalue weighted by Gasteiger charge is 2.44. The summed E-state index contributed by atoms with van der Waals surface area (Å²) in [6.07, 6.45) is 74.4. The van der Waals surface area contributed by atoms with Gasteiger partial charge in [0.15, 0.2) is 6.29 Å². The Kier molecular flexibility index (Phi) is 64.1. The van der Waals surface area contributed by atoms with E-state index in [0.29, 0.717) is 12.8 Å². The number of amides is 1. The molecule has 11 nitrogen and oxygen atoms in total. The monoisotopic (exact) mass is 1260 g/mol. The number of ether oxygens (including phenoxy) is 2. The molecule has 528 valence electrons. The molecule has 1 fully saturated rings. The SMILES string of the molecule is CCCCCCCCCCCCCCCCCC/C=C\CCCCCCCCCCCCCCCCCCC(O)C(=O)NC(COC1OC(CO)C(O)C(O)C1O)C(O)C(O)CCC/C=C/CCCCCCCCCCCCCCCCCCCCCCC. The first kappa shape index (κ1) is 85.6. The Labute approximate surface area is 550 Å². The number of rotatable bonds is 70. The van der Waals surface area contributed by atoms with Crippen molar-refractivity contribution in [3.63, 3.8) is 0 Å². The van der Waals surface area contributed by atoms with E-state index in [1.54, 1.807) is 0 Å². The van der Waals surface area contributed by atoms with Crippen molar-refractivity contribution in [1.29, 1.82) is 0 Å². The zero-order valence-corrected chi connectivity index (χ0v) is 58.7. The van der Waals surface area contributed by atoms with Crippen molar-refractivity contribution in [2.24, 2.45) is 0 Å². The molecule has 8 N–H and O–H groups in total. The molecule has 11 heteroatoms. The minimum absolute atomic E-state index is 0.258. The minimum Gasteiger partial charge on any atom is -0.394 e. The van der Waals surface area contributed by atoms with Crippen LogP contribution in [0.3, 0.4) is 0 Å². The van der Waals surface area contributed by atoms with E-state index in [0.717, 1.165) is 38.5 Å². The Morgan fingerprint density at radius 1 is 0.382 bits per heavy atom. The number of hydrogen-bond donors (Lipinski definition) is 8. The van der Waals surface area contributed by atoms with Crippen LogP contribution in [-0.4, -0.2) is 110 Å². The summed E-state index contributed by atoms with van der Waals surface area (Å²) in [6.45, 7) is 3.51. The first-order chi connectivity index (χ1) is 43.7. The van der Waals surface area contributed by atoms with E-state index in [9.17, 15) is 40.5 Å². The Bertz CT molecular complexity index is 1500. The summed E-state index contributed by atoms with van der Waals surface area (Å²) in [4.78, 5) is 13.3. The van der Waals surface area contributed by atoms with Gasteiger partial charge < -0.3 is 50.5 Å². The number of carbonyl (C=O) groups excluding carboxylic acids is 1. The van der Waals surface area contributed by atoms with Crippen LogP contribution in [0.15, 0.2) is 24.3 Å². The van der Waals surface area contributed by atoms with Gasteiger partial charge in [0.05, 0.1) is 25.4 Å². The molecule has 0 aromatic rings. The molecule has 1 rings (SSSR count). The van der Waals surface area contributed by atoms with Crippen LogP contribution in [0.2, 0.25) is 0 Å². The normalized spacial score (nSPS) is 18.6. The summed E-state index contributed by atoms with van der Waals surface area (Å²) in [5.74, 6) is -0.698. The maximum Gasteiger partial charge on any atom is 0.249 e. The van der Waals surface area contributed by atoms with E-state index < -0.39 is 74.2 Å². The Morgan fingerprint density at radius 3 is 0.966 bits per heavy atom. The molecule has 0 bridgehead atoms. The van der Waals surface area contributed by atoms with E-state index in [2.05, 4.69) is 43.5 Å². The van der Waals surface area contributed by atoms with Gasteiger partial charge in [-0.15, -0.1) is 0 Å². The summed E-state index contributed by atoms with van der Waals surface area (Å²) in [5.41, 5.74) is 0. The fourth-order valence-corrected chi connectivity index (χ4v) is 13.0. The number of nitrogens with one attached hydrogen (secondary N) is 1. The van der Waals surface area contributed by atoms with Crippen LogP contribution in [0, 0.1) is 0 Å². The maximum absolute atomic E-state index is 13.3. The number of aliphatic hydroxyl groups is 7. The van der Waals surface area contributed by atoms with Crippen LogP contribution in [-0.2, 0) is 14.3 Å². The molecule has 89 heavy (non-hydrogen) atoms. The molecule has 1 amide bonds. The van der Waals surface area contributed by atoms with E-state index in [-0.39, 0.29) is 12.8 Å². The van der Waals surface area contributed by atoms with Crippen molar-refractivity contribution < 1.29 is 50.0 Å². The molecular formula is C78H151NO10. The third-order valence-corrected chi connectivity index (χ3v) is 19.2. The van der Waals surface area contributed by atoms with Crippen molar-refractivity contribution in [2.75, 3.05) is 13.2 Å². The number of unbranched alkanes of at least 4 members (excludes halogenated alkanes) is 54. The summed E-state index contributed by atoms with van der Waals surface area (Å²) < 4.78 is 11.2. The van der Waals surface area contributed by atoms with Crippen LogP contribution >= 0.6 is 0 Å². The Morgan fingerprint density at radius 2 is 0.663 bits per heavy atom. The zero-order valence-electron chi connectivity index (χ0n) is 58.7. The van der Waals surface area contributed by atoms with Crippen molar-refractivity contribution in [2.45, 2.75) is 454 Å². The maximum atomic E-state index is 13.3. The lowest BCUT2D eigenvalue weighted by molar-refractivity contribution is -0.303. The molecule has 0 aromatic heterocycles. The quantitative estimate of drug-likeness (QED) is 0.0215. The number of allylic oxidation sites excluding steroid dienone is 4. The van der Waals surface area contributed by atoms with E-state index >= 15 is 0 Å². The minimum atomic E-state index is -1.67. The molecule has 1 aliphatic rings. The lowest BCUT2D eigenvalue weighted by atomic mass is 9.98. The van der Waals surface area contributed by atoms with Crippen LogP contribution in [0.25, 0.3) is 0 Å². The zero-order chi connectivity index (χ0) is 64.6. The molecule has 9 atom stereocenters. The first-order valence-corrected chi connectivity index (χ1v) is 39.2. The van der Waals surface area contributed by atoms with Gasteiger partial charge in [-0.3, -0.25) is 4.79 Å². The summed E-state index contributed by atoms with van der Waals surface area (Å²) >= 11 is 0. The lowest BCUT2D eigenvalue weighted by Crippen LogP contribution is -2.60. The second-order valence-electron chi connectivity index (χ2n) is 27.8. The molecule has 1 saturated heterocycles. The Hall–Kier alpha value is -1.41. The predicted molar refractivity (Wildman–Crippen MR) is 376 cm³/mol. The highest BCUT2D eigenvalue weighted by molar-refractivity contribution is 5.80. The van der Waals surface area contributed by atoms with Gasteiger partial charge in [0.1, 0.15) is 36.6 Å². The van der Waals surface area contributed by atoms with Crippen molar-refractivity contribution in [1.82, 2.24) is 5.32 Å². The van der Waals surface area contributed by atoms with Gasteiger partial charge in [-0.05, 0) is 64.2 Å². The fraction of sp³-hybridized carbons (Fsp3) is 0.936. The molecule has 0 saturated carbocycles. The molecule has 0 aliphatic carbocycles. The lowest BCUT2D eigenvalue weighted by Gasteiger charge is -2.40. The summed E-state index contributed by atoms with van der Waals surface area (Å²) in [7, 11) is 0. The molecule has 0 spiro atoms. The molecule has 1 heterocycles. The van der Waals surface area contributed by atoms with Gasteiger partial charge in [0.2, 0.25) is 5.91 Å². The summed E-state index contributed by atoms with van der Waals surface area (Å²) in [6, 6.07) is -1.19. The molecule has 1 aliphatic heterocycles.